The van der Waals surface area contributed by atoms with Crippen LogP contribution in [0.3, 0.4) is 0 Å². The smallest absolute Gasteiger partial charge is 0.314 e. The maximum atomic E-state index is 11.6. The molecular formula is C14H20BrN3O3. The second-order valence-electron chi connectivity index (χ2n) is 5.25. The minimum absolute atomic E-state index is 0.0798. The van der Waals surface area contributed by atoms with E-state index in [9.17, 15) is 9.59 Å². The molecule has 1 aliphatic carbocycles. The Balaban J connectivity index is 1.90. The molecule has 1 saturated carbocycles. The molecule has 1 aromatic heterocycles. The van der Waals surface area contributed by atoms with Crippen LogP contribution < -0.4 is 20.9 Å². The summed E-state index contributed by atoms with van der Waals surface area (Å²) in [5, 5.41) is 5.47. The average Bonchev–Trinajstić information content (AvgIpc) is 2.46. The Morgan fingerprint density at radius 3 is 2.67 bits per heavy atom. The van der Waals surface area contributed by atoms with Gasteiger partial charge in [0.15, 0.2) is 0 Å². The van der Waals surface area contributed by atoms with Crippen molar-refractivity contribution in [2.45, 2.75) is 37.8 Å². The second kappa shape index (κ2) is 6.98. The van der Waals surface area contributed by atoms with Gasteiger partial charge in [-0.15, -0.1) is 0 Å². The van der Waals surface area contributed by atoms with E-state index in [1.165, 1.54) is 10.6 Å². The third kappa shape index (κ3) is 4.23. The lowest BCUT2D eigenvalue weighted by atomic mass is 9.93. The van der Waals surface area contributed by atoms with Crippen molar-refractivity contribution in [3.63, 3.8) is 0 Å². The lowest BCUT2D eigenvalue weighted by molar-refractivity contribution is 0.139. The fraction of sp³-hybridized carbons (Fsp3) is 0.571. The molecule has 0 atom stereocenters. The van der Waals surface area contributed by atoms with Crippen LogP contribution in [0.4, 0.5) is 4.79 Å². The third-order valence-electron chi connectivity index (χ3n) is 3.67. The fourth-order valence-electron chi connectivity index (χ4n) is 2.43. The number of amides is 2. The van der Waals surface area contributed by atoms with Crippen molar-refractivity contribution >= 4 is 22.0 Å². The van der Waals surface area contributed by atoms with Crippen LogP contribution in [0.15, 0.2) is 21.5 Å². The molecule has 0 saturated heterocycles. The highest BCUT2D eigenvalue weighted by molar-refractivity contribution is 9.10. The number of ether oxygens (including phenoxy) is 1. The highest BCUT2D eigenvalue weighted by Gasteiger charge is 2.24. The minimum Gasteiger partial charge on any atom is -0.489 e. The maximum absolute atomic E-state index is 11.6. The molecule has 0 aromatic carbocycles. The lowest BCUT2D eigenvalue weighted by Gasteiger charge is -2.29. The van der Waals surface area contributed by atoms with Gasteiger partial charge in [-0.25, -0.2) is 4.79 Å². The van der Waals surface area contributed by atoms with Crippen molar-refractivity contribution < 1.29 is 9.53 Å². The van der Waals surface area contributed by atoms with E-state index in [1.54, 1.807) is 20.3 Å². The van der Waals surface area contributed by atoms with Crippen LogP contribution in [0.25, 0.3) is 0 Å². The maximum Gasteiger partial charge on any atom is 0.314 e. The molecule has 2 amide bonds. The normalized spacial score (nSPS) is 21.7. The highest BCUT2D eigenvalue weighted by atomic mass is 79.9. The molecule has 0 aliphatic heterocycles. The van der Waals surface area contributed by atoms with E-state index >= 15 is 0 Å². The molecule has 0 radical (unpaired) electrons. The van der Waals surface area contributed by atoms with Crippen LogP contribution in [-0.4, -0.2) is 29.8 Å². The van der Waals surface area contributed by atoms with Gasteiger partial charge in [-0.05, 0) is 41.6 Å². The number of aryl methyl sites for hydroxylation is 1. The van der Waals surface area contributed by atoms with Crippen LogP contribution >= 0.6 is 15.9 Å². The van der Waals surface area contributed by atoms with Crippen LogP contribution in [0, 0.1) is 0 Å². The van der Waals surface area contributed by atoms with E-state index in [2.05, 4.69) is 26.6 Å². The highest BCUT2D eigenvalue weighted by Crippen LogP contribution is 2.28. The number of nitrogens with one attached hydrogen (secondary N) is 2. The van der Waals surface area contributed by atoms with Crippen molar-refractivity contribution in [3.8, 4) is 5.75 Å². The van der Waals surface area contributed by atoms with Gasteiger partial charge in [0.25, 0.3) is 5.56 Å². The van der Waals surface area contributed by atoms with Gasteiger partial charge in [0, 0.05) is 32.4 Å². The van der Waals surface area contributed by atoms with Crippen molar-refractivity contribution in [2.75, 3.05) is 7.05 Å². The Bertz CT molecular complexity index is 565. The quantitative estimate of drug-likeness (QED) is 0.865. The van der Waals surface area contributed by atoms with Crippen molar-refractivity contribution in [1.82, 2.24) is 15.2 Å². The summed E-state index contributed by atoms with van der Waals surface area (Å²) >= 11 is 3.41. The number of carbonyl (C=O) groups is 1. The van der Waals surface area contributed by atoms with Gasteiger partial charge in [-0.2, -0.15) is 0 Å². The summed E-state index contributed by atoms with van der Waals surface area (Å²) in [4.78, 5) is 22.9. The number of pyridine rings is 1. The molecule has 21 heavy (non-hydrogen) atoms. The predicted octanol–water partition coefficient (Wildman–Crippen LogP) is 1.77. The zero-order chi connectivity index (χ0) is 15.4. The van der Waals surface area contributed by atoms with Gasteiger partial charge in [-0.3, -0.25) is 4.79 Å². The first kappa shape index (κ1) is 15.9. The molecular weight excluding hydrogens is 338 g/mol. The van der Waals surface area contributed by atoms with Crippen molar-refractivity contribution in [3.05, 3.63) is 27.1 Å². The topological polar surface area (TPSA) is 72.4 Å². The van der Waals surface area contributed by atoms with Gasteiger partial charge in [0.1, 0.15) is 5.75 Å². The Labute approximate surface area is 132 Å². The lowest BCUT2D eigenvalue weighted by Crippen LogP contribution is -2.43. The first-order valence-electron chi connectivity index (χ1n) is 7.00. The first-order chi connectivity index (χ1) is 9.99. The first-order valence-corrected chi connectivity index (χ1v) is 7.80. The molecule has 7 heteroatoms. The van der Waals surface area contributed by atoms with E-state index in [4.69, 9.17) is 4.74 Å². The summed E-state index contributed by atoms with van der Waals surface area (Å²) in [6, 6.07) is 1.55. The number of rotatable bonds is 3. The van der Waals surface area contributed by atoms with Gasteiger partial charge in [0.2, 0.25) is 0 Å². The zero-order valence-electron chi connectivity index (χ0n) is 12.2. The van der Waals surface area contributed by atoms with E-state index in [-0.39, 0.29) is 23.7 Å². The Kier molecular flexibility index (Phi) is 5.27. The van der Waals surface area contributed by atoms with Gasteiger partial charge >= 0.3 is 6.03 Å². The summed E-state index contributed by atoms with van der Waals surface area (Å²) in [5.74, 6) is 0.584. The third-order valence-corrected chi connectivity index (χ3v) is 4.27. The number of nitrogens with zero attached hydrogens (tertiary/aromatic N) is 1. The number of carbonyl (C=O) groups excluding carboxylic acids is 1. The number of hydrogen-bond acceptors (Lipinski definition) is 3. The summed E-state index contributed by atoms with van der Waals surface area (Å²) in [5.41, 5.74) is -0.0943. The second-order valence-corrected chi connectivity index (χ2v) is 6.10. The van der Waals surface area contributed by atoms with E-state index in [0.717, 1.165) is 30.2 Å². The Hall–Kier alpha value is -1.50. The molecule has 0 bridgehead atoms. The van der Waals surface area contributed by atoms with Gasteiger partial charge in [0.05, 0.1) is 10.6 Å². The average molecular weight is 358 g/mol. The molecule has 0 unspecified atom stereocenters. The molecule has 116 valence electrons. The zero-order valence-corrected chi connectivity index (χ0v) is 13.8. The summed E-state index contributed by atoms with van der Waals surface area (Å²) in [6.07, 6.45) is 5.25. The number of urea groups is 1. The SMILES string of the molecule is CNC(=O)N[C@H]1CC[C@H](Oc2cc(=O)n(C)cc2Br)CC1. The monoisotopic (exact) mass is 357 g/mol. The van der Waals surface area contributed by atoms with Crippen LogP contribution in [-0.2, 0) is 7.05 Å². The molecule has 2 N–H and O–H groups in total. The fourth-order valence-corrected chi connectivity index (χ4v) is 2.95. The minimum atomic E-state index is -0.145. The van der Waals surface area contributed by atoms with E-state index < -0.39 is 0 Å². The van der Waals surface area contributed by atoms with Crippen molar-refractivity contribution in [1.29, 1.82) is 0 Å². The van der Waals surface area contributed by atoms with Gasteiger partial charge < -0.3 is 19.9 Å². The molecule has 1 fully saturated rings. The van der Waals surface area contributed by atoms with E-state index in [1.807, 2.05) is 0 Å². The summed E-state index contributed by atoms with van der Waals surface area (Å²) in [7, 11) is 3.31. The molecule has 0 spiro atoms. The number of halogens is 1. The molecule has 1 aliphatic rings. The van der Waals surface area contributed by atoms with Crippen LogP contribution in [0.1, 0.15) is 25.7 Å². The molecule has 1 aromatic rings. The van der Waals surface area contributed by atoms with Gasteiger partial charge in [-0.1, -0.05) is 0 Å². The van der Waals surface area contributed by atoms with Crippen LogP contribution in [0.2, 0.25) is 0 Å². The predicted molar refractivity (Wildman–Crippen MR) is 83.6 cm³/mol. The molecule has 6 nitrogen and oxygen atoms in total. The molecule has 2 rings (SSSR count). The Morgan fingerprint density at radius 2 is 2.05 bits per heavy atom. The standard InChI is InChI=1S/C14H20BrN3O3/c1-16-14(20)17-9-3-5-10(6-4-9)21-12-7-13(19)18(2)8-11(12)15/h7-10H,3-6H2,1-2H3,(H2,16,17,20)/t9-,10-. The van der Waals surface area contributed by atoms with Crippen LogP contribution in [0.5, 0.6) is 5.75 Å². The Morgan fingerprint density at radius 1 is 1.38 bits per heavy atom. The summed E-state index contributed by atoms with van der Waals surface area (Å²) < 4.78 is 8.19. The summed E-state index contributed by atoms with van der Waals surface area (Å²) in [6.45, 7) is 0. The molecule has 1 heterocycles. The number of hydrogen-bond donors (Lipinski definition) is 2. The largest absolute Gasteiger partial charge is 0.489 e. The number of aromatic nitrogens is 1. The van der Waals surface area contributed by atoms with E-state index in [0.29, 0.717) is 5.75 Å². The van der Waals surface area contributed by atoms with Crippen molar-refractivity contribution in [2.24, 2.45) is 7.05 Å².